The van der Waals surface area contributed by atoms with Crippen molar-refractivity contribution in [2.45, 2.75) is 50.5 Å². The number of para-hydroxylation sites is 1. The van der Waals surface area contributed by atoms with Crippen LogP contribution in [0.1, 0.15) is 48.2 Å². The molecule has 1 aliphatic rings. The van der Waals surface area contributed by atoms with Crippen LogP contribution in [0, 0.1) is 5.82 Å². The van der Waals surface area contributed by atoms with Crippen molar-refractivity contribution in [1.29, 1.82) is 0 Å². The molecule has 0 saturated carbocycles. The molecule has 2 heterocycles. The van der Waals surface area contributed by atoms with E-state index in [4.69, 9.17) is 36.8 Å². The summed E-state index contributed by atoms with van der Waals surface area (Å²) in [5.74, 6) is -5.60. The van der Waals surface area contributed by atoms with Gasteiger partial charge in [0.25, 0.3) is 5.91 Å². The molecule has 1 amide bonds. The number of hydrogen-bond donors (Lipinski definition) is 7. The summed E-state index contributed by atoms with van der Waals surface area (Å²) in [6, 6.07) is 9.96. The van der Waals surface area contributed by atoms with Crippen LogP contribution < -0.4 is 15.4 Å². The fraction of sp³-hybridized carbons (Fsp3) is 0.258. The SMILES string of the molecule is CC1(C)Cc2c(c(C(=O)Nc3ccc(C(F)(F)F)cc3)cc3[nH]c(Nc4c(F)cccc4Cl)nc23)O1.O=C(O)CC(O)(CC(=O)O)C(=O)O. The molecule has 1 aromatic heterocycles. The zero-order chi connectivity index (χ0) is 36.5. The number of H-pyrrole nitrogens is 1. The van der Waals surface area contributed by atoms with E-state index in [-0.39, 0.29) is 27.9 Å². The number of hydrogen-bond acceptors (Lipinski definition) is 8. The van der Waals surface area contributed by atoms with Crippen LogP contribution in [0.5, 0.6) is 5.75 Å². The first-order valence-electron chi connectivity index (χ1n) is 14.0. The van der Waals surface area contributed by atoms with Crippen LogP contribution in [0.15, 0.2) is 48.5 Å². The number of carboxylic acids is 3. The van der Waals surface area contributed by atoms with Gasteiger partial charge < -0.3 is 40.8 Å². The number of halogens is 5. The zero-order valence-corrected chi connectivity index (χ0v) is 26.2. The van der Waals surface area contributed by atoms with Crippen LogP contribution in [-0.2, 0) is 27.0 Å². The molecule has 13 nitrogen and oxygen atoms in total. The number of fused-ring (bicyclic) bond motifs is 3. The first-order chi connectivity index (χ1) is 22.7. The number of amides is 1. The van der Waals surface area contributed by atoms with E-state index in [1.165, 1.54) is 36.4 Å². The van der Waals surface area contributed by atoms with E-state index in [9.17, 15) is 36.7 Å². The summed E-state index contributed by atoms with van der Waals surface area (Å²) in [6.07, 6.45) is -6.32. The lowest BCUT2D eigenvalue weighted by Gasteiger charge is -2.18. The molecule has 7 N–H and O–H groups in total. The van der Waals surface area contributed by atoms with Crippen molar-refractivity contribution in [3.05, 3.63) is 76.1 Å². The van der Waals surface area contributed by atoms with Gasteiger partial charge in [-0.2, -0.15) is 13.2 Å². The van der Waals surface area contributed by atoms with Crippen molar-refractivity contribution in [2.24, 2.45) is 0 Å². The second kappa shape index (κ2) is 13.6. The number of carboxylic acid groups (broad SMARTS) is 3. The molecule has 0 bridgehead atoms. The maximum atomic E-state index is 14.3. The molecule has 49 heavy (non-hydrogen) atoms. The lowest BCUT2D eigenvalue weighted by molar-refractivity contribution is -0.170. The Hall–Kier alpha value is -5.42. The largest absolute Gasteiger partial charge is 0.486 e. The molecular weight excluding hydrogens is 684 g/mol. The number of imidazole rings is 1. The number of nitrogens with one attached hydrogen (secondary N) is 3. The number of carbonyl (C=O) groups is 4. The predicted octanol–water partition coefficient (Wildman–Crippen LogP) is 5.84. The molecule has 4 aromatic rings. The Labute approximate surface area is 278 Å². The highest BCUT2D eigenvalue weighted by Crippen LogP contribution is 2.43. The molecule has 0 aliphatic carbocycles. The lowest BCUT2D eigenvalue weighted by Crippen LogP contribution is -2.42. The van der Waals surface area contributed by atoms with E-state index >= 15 is 0 Å². The van der Waals surface area contributed by atoms with E-state index < -0.39 is 65.4 Å². The molecule has 0 fully saturated rings. The van der Waals surface area contributed by atoms with Crippen LogP contribution in [0.4, 0.5) is 34.9 Å². The summed E-state index contributed by atoms with van der Waals surface area (Å²) in [6.45, 7) is 3.72. The van der Waals surface area contributed by atoms with Crippen LogP contribution in [0.2, 0.25) is 5.02 Å². The first kappa shape index (κ1) is 36.4. The van der Waals surface area contributed by atoms with Crippen molar-refractivity contribution in [1.82, 2.24) is 9.97 Å². The number of nitrogens with zero attached hydrogens (tertiary/aromatic N) is 1. The molecule has 0 radical (unpaired) electrons. The topological polar surface area (TPSA) is 211 Å². The maximum Gasteiger partial charge on any atom is 0.416 e. The van der Waals surface area contributed by atoms with Gasteiger partial charge in [-0.25, -0.2) is 14.2 Å². The minimum atomic E-state index is -4.48. The van der Waals surface area contributed by atoms with E-state index in [1.807, 2.05) is 13.8 Å². The number of alkyl halides is 3. The van der Waals surface area contributed by atoms with Gasteiger partial charge in [0.2, 0.25) is 5.95 Å². The number of benzene rings is 3. The predicted molar refractivity (Wildman–Crippen MR) is 166 cm³/mol. The van der Waals surface area contributed by atoms with Crippen molar-refractivity contribution in [3.8, 4) is 5.75 Å². The molecular formula is C31H27ClF4N4O9. The van der Waals surface area contributed by atoms with E-state index in [2.05, 4.69) is 20.6 Å². The number of anilines is 3. The van der Waals surface area contributed by atoms with Crippen molar-refractivity contribution in [2.75, 3.05) is 10.6 Å². The molecule has 0 atom stereocenters. The molecule has 0 spiro atoms. The molecule has 0 unspecified atom stereocenters. The second-order valence-corrected chi connectivity index (χ2v) is 11.9. The van der Waals surface area contributed by atoms with Gasteiger partial charge in [-0.3, -0.25) is 14.4 Å². The Kier molecular flexibility index (Phi) is 10.1. The minimum Gasteiger partial charge on any atom is -0.486 e. The number of aromatic amines is 1. The van der Waals surface area contributed by atoms with Crippen LogP contribution in [0.25, 0.3) is 11.0 Å². The van der Waals surface area contributed by atoms with Gasteiger partial charge in [0, 0.05) is 17.7 Å². The average molecular weight is 711 g/mol. The van der Waals surface area contributed by atoms with Gasteiger partial charge in [-0.1, -0.05) is 17.7 Å². The third-order valence-electron chi connectivity index (χ3n) is 7.01. The third-order valence-corrected chi connectivity index (χ3v) is 7.33. The van der Waals surface area contributed by atoms with Crippen LogP contribution in [-0.4, -0.2) is 65.4 Å². The van der Waals surface area contributed by atoms with Crippen LogP contribution >= 0.6 is 11.6 Å². The number of rotatable bonds is 9. The van der Waals surface area contributed by atoms with Crippen molar-refractivity contribution in [3.63, 3.8) is 0 Å². The zero-order valence-electron chi connectivity index (χ0n) is 25.4. The fourth-order valence-corrected chi connectivity index (χ4v) is 5.05. The molecule has 1 aliphatic heterocycles. The summed E-state index contributed by atoms with van der Waals surface area (Å²) in [5.41, 5.74) is -2.05. The highest BCUT2D eigenvalue weighted by atomic mass is 35.5. The second-order valence-electron chi connectivity index (χ2n) is 11.5. The van der Waals surface area contributed by atoms with E-state index in [0.717, 1.165) is 12.1 Å². The van der Waals surface area contributed by atoms with Gasteiger partial charge >= 0.3 is 24.1 Å². The average Bonchev–Trinajstić information content (AvgIpc) is 3.53. The highest BCUT2D eigenvalue weighted by Gasteiger charge is 2.41. The van der Waals surface area contributed by atoms with Gasteiger partial charge in [0.05, 0.1) is 45.7 Å². The Bertz CT molecular complexity index is 1910. The summed E-state index contributed by atoms with van der Waals surface area (Å²) >= 11 is 6.11. The Morgan fingerprint density at radius 3 is 2.16 bits per heavy atom. The van der Waals surface area contributed by atoms with Gasteiger partial charge in [0.15, 0.2) is 5.60 Å². The number of aliphatic carboxylic acids is 3. The highest BCUT2D eigenvalue weighted by molar-refractivity contribution is 6.33. The summed E-state index contributed by atoms with van der Waals surface area (Å²) in [4.78, 5) is 51.2. The molecule has 5 rings (SSSR count). The Morgan fingerprint density at radius 2 is 1.63 bits per heavy atom. The normalized spacial score (nSPS) is 13.5. The number of aromatic nitrogens is 2. The van der Waals surface area contributed by atoms with Gasteiger partial charge in [0.1, 0.15) is 17.2 Å². The molecule has 3 aromatic carbocycles. The number of aliphatic hydroxyl groups is 1. The quantitative estimate of drug-likeness (QED) is 0.103. The molecule has 0 saturated heterocycles. The van der Waals surface area contributed by atoms with E-state index in [1.54, 1.807) is 0 Å². The first-order valence-corrected chi connectivity index (χ1v) is 14.4. The minimum absolute atomic E-state index is 0.0479. The fourth-order valence-electron chi connectivity index (χ4n) is 4.84. The Balaban J connectivity index is 0.000000355. The number of carbonyl (C=O) groups excluding carboxylic acids is 1. The van der Waals surface area contributed by atoms with Gasteiger partial charge in [-0.15, -0.1) is 0 Å². The third kappa shape index (κ3) is 8.55. The van der Waals surface area contributed by atoms with Crippen molar-refractivity contribution < 1.29 is 61.9 Å². The summed E-state index contributed by atoms with van der Waals surface area (Å²) in [5, 5.41) is 39.4. The standard InChI is InChI=1S/C25H19ClF4N4O2.C6H8O7/c1-24(2)11-15-19-18(32-23(33-19)34-20-16(26)4-3-5-17(20)27)10-14(21(15)36-24)22(35)31-13-8-6-12(7-9-13)25(28,29)30;7-3(8)1-6(13,5(11)12)2-4(9)10/h3-10H,11H2,1-2H3,(H,31,35)(H2,32,33,34);13H,1-2H2,(H,7,8)(H,9,10)(H,11,12). The Morgan fingerprint density at radius 1 is 1.02 bits per heavy atom. The van der Waals surface area contributed by atoms with Crippen LogP contribution in [0.3, 0.4) is 0 Å². The summed E-state index contributed by atoms with van der Waals surface area (Å²) in [7, 11) is 0. The number of ether oxygens (including phenoxy) is 1. The smallest absolute Gasteiger partial charge is 0.416 e. The van der Waals surface area contributed by atoms with E-state index in [0.29, 0.717) is 28.8 Å². The van der Waals surface area contributed by atoms with Gasteiger partial charge in [-0.05, 0) is 56.3 Å². The molecule has 260 valence electrons. The van der Waals surface area contributed by atoms with Crippen molar-refractivity contribution >= 4 is 63.8 Å². The summed E-state index contributed by atoms with van der Waals surface area (Å²) < 4.78 is 58.9. The molecule has 18 heteroatoms. The maximum absolute atomic E-state index is 14.3. The monoisotopic (exact) mass is 710 g/mol. The lowest BCUT2D eigenvalue weighted by atomic mass is 9.96.